The van der Waals surface area contributed by atoms with Gasteiger partial charge in [-0.1, -0.05) is 18.2 Å². The van der Waals surface area contributed by atoms with Gasteiger partial charge in [-0.3, -0.25) is 0 Å². The van der Waals surface area contributed by atoms with E-state index in [1.54, 1.807) is 35.7 Å². The summed E-state index contributed by atoms with van der Waals surface area (Å²) in [5.74, 6) is 0. The number of hydrogen-bond acceptors (Lipinski definition) is 7. The summed E-state index contributed by atoms with van der Waals surface area (Å²) < 4.78 is 33.8. The zero-order chi connectivity index (χ0) is 22.8. The van der Waals surface area contributed by atoms with Crippen LogP contribution in [0.15, 0.2) is 46.0 Å². The summed E-state index contributed by atoms with van der Waals surface area (Å²) in [5.41, 5.74) is 1.01. The van der Waals surface area contributed by atoms with Crippen LogP contribution in [0.1, 0.15) is 32.3 Å². The monoisotopic (exact) mass is 479 g/mol. The Balaban J connectivity index is 1.53. The highest BCUT2D eigenvalue weighted by atomic mass is 32.2. The number of aliphatic hydroxyl groups is 1. The molecule has 0 amide bonds. The molecule has 2 N–H and O–H groups in total. The molecule has 2 fully saturated rings. The summed E-state index contributed by atoms with van der Waals surface area (Å²) in [6.45, 7) is 7.28. The Morgan fingerprint density at radius 1 is 1.16 bits per heavy atom. The molecular formula is C23H33N3O4S2. The number of thiophene rings is 1. The van der Waals surface area contributed by atoms with E-state index < -0.39 is 15.6 Å². The molecular weight excluding hydrogens is 446 g/mol. The van der Waals surface area contributed by atoms with Crippen LogP contribution in [0.4, 0.5) is 5.69 Å². The van der Waals surface area contributed by atoms with Crippen molar-refractivity contribution in [2.75, 3.05) is 44.3 Å². The molecule has 2 saturated heterocycles. The van der Waals surface area contributed by atoms with Gasteiger partial charge < -0.3 is 20.1 Å². The molecule has 9 heteroatoms. The largest absolute Gasteiger partial charge is 0.386 e. The van der Waals surface area contributed by atoms with Crippen LogP contribution in [0.3, 0.4) is 0 Å². The molecule has 0 aliphatic carbocycles. The molecule has 2 aliphatic rings. The second-order valence-corrected chi connectivity index (χ2v) is 12.2. The molecule has 7 nitrogen and oxygen atoms in total. The first-order chi connectivity index (χ1) is 15.2. The molecule has 0 radical (unpaired) electrons. The minimum atomic E-state index is -3.48. The second kappa shape index (κ2) is 9.79. The van der Waals surface area contributed by atoms with Crippen LogP contribution in [0, 0.1) is 0 Å². The van der Waals surface area contributed by atoms with Gasteiger partial charge in [0.05, 0.1) is 11.6 Å². The maximum atomic E-state index is 13.2. The first kappa shape index (κ1) is 23.7. The molecule has 0 unspecified atom stereocenters. The maximum absolute atomic E-state index is 13.2. The van der Waals surface area contributed by atoms with E-state index >= 15 is 0 Å². The van der Waals surface area contributed by atoms with Gasteiger partial charge in [0.15, 0.2) is 0 Å². The van der Waals surface area contributed by atoms with Gasteiger partial charge in [0.2, 0.25) is 0 Å². The van der Waals surface area contributed by atoms with E-state index in [1.807, 2.05) is 24.3 Å². The number of piperazine rings is 1. The smallest absolute Gasteiger partial charge is 0.252 e. The van der Waals surface area contributed by atoms with E-state index in [0.717, 1.165) is 37.3 Å². The van der Waals surface area contributed by atoms with Gasteiger partial charge in [0.25, 0.3) is 10.0 Å². The number of anilines is 1. The number of ether oxygens (including phenoxy) is 1. The van der Waals surface area contributed by atoms with Crippen molar-refractivity contribution in [2.24, 2.45) is 0 Å². The Labute approximate surface area is 195 Å². The Morgan fingerprint density at radius 2 is 1.88 bits per heavy atom. The maximum Gasteiger partial charge on any atom is 0.252 e. The van der Waals surface area contributed by atoms with E-state index in [1.165, 1.54) is 11.3 Å². The average Bonchev–Trinajstić information content (AvgIpc) is 3.34. The van der Waals surface area contributed by atoms with Crippen molar-refractivity contribution in [3.8, 4) is 0 Å². The van der Waals surface area contributed by atoms with Crippen LogP contribution in [0.25, 0.3) is 0 Å². The fourth-order valence-corrected chi connectivity index (χ4v) is 6.98. The number of rotatable bonds is 7. The highest BCUT2D eigenvalue weighted by Crippen LogP contribution is 2.28. The molecule has 0 saturated carbocycles. The topological polar surface area (TPSA) is 82.1 Å². The van der Waals surface area contributed by atoms with Crippen LogP contribution in [0.2, 0.25) is 0 Å². The number of nitrogens with zero attached hydrogens (tertiary/aromatic N) is 2. The van der Waals surface area contributed by atoms with E-state index in [9.17, 15) is 13.5 Å². The third kappa shape index (κ3) is 5.35. The lowest BCUT2D eigenvalue weighted by atomic mass is 9.98. The van der Waals surface area contributed by atoms with E-state index in [0.29, 0.717) is 36.4 Å². The molecule has 0 bridgehead atoms. The standard InChI is InChI=1S/C23H33N3O4S2/c1-23(2,27)18-5-7-20(8-6-18)26-12-11-25(32(28,29)22-4-3-15-31-22)17-21(26)16-24-19-9-13-30-14-10-19/h3-8,15,19,21,24,27H,9-14,16-17H2,1-2H3/t21-/m0/s1. The van der Waals surface area contributed by atoms with Crippen molar-refractivity contribution >= 4 is 27.0 Å². The number of sulfonamides is 1. The van der Waals surface area contributed by atoms with Crippen LogP contribution >= 0.6 is 11.3 Å². The summed E-state index contributed by atoms with van der Waals surface area (Å²) in [5, 5.41) is 15.7. The third-order valence-corrected chi connectivity index (χ3v) is 9.54. The lowest BCUT2D eigenvalue weighted by Gasteiger charge is -2.43. The molecule has 3 heterocycles. The Kier molecular flexibility index (Phi) is 7.24. The molecule has 2 aromatic rings. The zero-order valence-electron chi connectivity index (χ0n) is 18.7. The highest BCUT2D eigenvalue weighted by molar-refractivity contribution is 7.91. The zero-order valence-corrected chi connectivity index (χ0v) is 20.4. The molecule has 4 rings (SSSR count). The van der Waals surface area contributed by atoms with Crippen LogP contribution in [0.5, 0.6) is 0 Å². The Hall–Kier alpha value is -1.49. The van der Waals surface area contributed by atoms with Crippen LogP contribution < -0.4 is 10.2 Å². The molecule has 176 valence electrons. The predicted octanol–water partition coefficient (Wildman–Crippen LogP) is 2.62. The van der Waals surface area contributed by atoms with Crippen molar-refractivity contribution in [1.29, 1.82) is 0 Å². The quantitative estimate of drug-likeness (QED) is 0.635. The molecule has 32 heavy (non-hydrogen) atoms. The van der Waals surface area contributed by atoms with E-state index in [2.05, 4.69) is 10.2 Å². The summed E-state index contributed by atoms with van der Waals surface area (Å²) in [6.07, 6.45) is 1.95. The SMILES string of the molecule is CC(C)(O)c1ccc(N2CCN(S(=O)(=O)c3cccs3)C[C@@H]2CNC2CCOCC2)cc1. The highest BCUT2D eigenvalue weighted by Gasteiger charge is 2.35. The number of hydrogen-bond donors (Lipinski definition) is 2. The lowest BCUT2D eigenvalue weighted by Crippen LogP contribution is -2.58. The summed E-state index contributed by atoms with van der Waals surface area (Å²) in [7, 11) is -3.48. The van der Waals surface area contributed by atoms with Gasteiger partial charge in [-0.05, 0) is 55.8 Å². The second-order valence-electron chi connectivity index (χ2n) is 9.04. The minimum absolute atomic E-state index is 0.00863. The van der Waals surface area contributed by atoms with E-state index in [4.69, 9.17) is 4.74 Å². The molecule has 2 aliphatic heterocycles. The molecule has 1 aromatic carbocycles. The molecule has 0 spiro atoms. The Morgan fingerprint density at radius 3 is 2.50 bits per heavy atom. The fraction of sp³-hybridized carbons (Fsp3) is 0.565. The fourth-order valence-electron chi connectivity index (χ4n) is 4.36. The number of benzene rings is 1. The van der Waals surface area contributed by atoms with Crippen molar-refractivity contribution in [2.45, 2.75) is 48.6 Å². The van der Waals surface area contributed by atoms with Crippen molar-refractivity contribution in [1.82, 2.24) is 9.62 Å². The number of nitrogens with one attached hydrogen (secondary N) is 1. The first-order valence-corrected chi connectivity index (χ1v) is 13.5. The molecule has 1 aromatic heterocycles. The van der Waals surface area contributed by atoms with Crippen molar-refractivity contribution in [3.05, 3.63) is 47.3 Å². The molecule has 1 atom stereocenters. The summed E-state index contributed by atoms with van der Waals surface area (Å²) in [6, 6.07) is 11.8. The third-order valence-electron chi connectivity index (χ3n) is 6.30. The van der Waals surface area contributed by atoms with Gasteiger partial charge in [0, 0.05) is 51.1 Å². The van der Waals surface area contributed by atoms with Gasteiger partial charge >= 0.3 is 0 Å². The summed E-state index contributed by atoms with van der Waals surface area (Å²) >= 11 is 1.27. The van der Waals surface area contributed by atoms with Crippen molar-refractivity contribution < 1.29 is 18.3 Å². The minimum Gasteiger partial charge on any atom is -0.386 e. The van der Waals surface area contributed by atoms with Gasteiger partial charge in [-0.25, -0.2) is 8.42 Å². The lowest BCUT2D eigenvalue weighted by molar-refractivity contribution is 0.0771. The Bertz CT molecular complexity index is 966. The van der Waals surface area contributed by atoms with Crippen molar-refractivity contribution in [3.63, 3.8) is 0 Å². The first-order valence-electron chi connectivity index (χ1n) is 11.2. The van der Waals surface area contributed by atoms with Gasteiger partial charge in [-0.15, -0.1) is 11.3 Å². The van der Waals surface area contributed by atoms with Crippen LogP contribution in [-0.2, 0) is 20.4 Å². The van der Waals surface area contributed by atoms with Crippen LogP contribution in [-0.4, -0.2) is 69.3 Å². The van der Waals surface area contributed by atoms with Gasteiger partial charge in [0.1, 0.15) is 4.21 Å². The summed E-state index contributed by atoms with van der Waals surface area (Å²) in [4.78, 5) is 2.29. The normalized spacial score (nSPS) is 21.7. The predicted molar refractivity (Wildman–Crippen MR) is 128 cm³/mol. The van der Waals surface area contributed by atoms with E-state index in [-0.39, 0.29) is 6.04 Å². The average molecular weight is 480 g/mol. The van der Waals surface area contributed by atoms with Gasteiger partial charge in [-0.2, -0.15) is 4.31 Å².